The van der Waals surface area contributed by atoms with Crippen molar-refractivity contribution in [2.75, 3.05) is 17.6 Å². The van der Waals surface area contributed by atoms with Crippen LogP contribution >= 0.6 is 15.9 Å². The third-order valence-corrected chi connectivity index (χ3v) is 9.05. The molecule has 0 bridgehead atoms. The van der Waals surface area contributed by atoms with Gasteiger partial charge in [-0.25, -0.2) is 9.29 Å². The molecule has 9 nitrogen and oxygen atoms in total. The van der Waals surface area contributed by atoms with Gasteiger partial charge in [0.25, 0.3) is 10.0 Å². The molecular weight excluding hydrogens is 538 g/mol. The van der Waals surface area contributed by atoms with Crippen molar-refractivity contribution in [2.24, 2.45) is 0 Å². The normalized spacial score (nSPS) is 12.8. The van der Waals surface area contributed by atoms with Crippen molar-refractivity contribution in [1.82, 2.24) is 14.5 Å². The van der Waals surface area contributed by atoms with E-state index in [0.29, 0.717) is 28.8 Å². The summed E-state index contributed by atoms with van der Waals surface area (Å²) in [7, 11) is -5.51. The predicted octanol–water partition coefficient (Wildman–Crippen LogP) is 4.28. The molecule has 0 aliphatic rings. The van der Waals surface area contributed by atoms with Crippen LogP contribution in [0.2, 0.25) is 25.7 Å². The number of benzene rings is 1. The summed E-state index contributed by atoms with van der Waals surface area (Å²) >= 11 is 3.29. The minimum Gasteiger partial charge on any atom is -0.389 e. The lowest BCUT2D eigenvalue weighted by Crippen LogP contribution is -2.34. The van der Waals surface area contributed by atoms with Crippen LogP contribution in [0.5, 0.6) is 0 Å². The molecular formula is C22H30BrN5O4SSi. The molecule has 0 amide bonds. The molecule has 2 N–H and O–H groups in total. The van der Waals surface area contributed by atoms with Crippen molar-refractivity contribution >= 4 is 50.6 Å². The van der Waals surface area contributed by atoms with E-state index in [0.717, 1.165) is 6.04 Å². The number of H-pyrrole nitrogens is 1. The van der Waals surface area contributed by atoms with E-state index in [4.69, 9.17) is 4.74 Å². The molecule has 0 aliphatic heterocycles. The van der Waals surface area contributed by atoms with Crippen molar-refractivity contribution in [3.8, 4) is 6.07 Å². The second kappa shape index (κ2) is 9.83. The minimum absolute atomic E-state index is 0.153. The van der Waals surface area contributed by atoms with E-state index in [1.54, 1.807) is 42.8 Å². The first-order valence-electron chi connectivity index (χ1n) is 10.8. The van der Waals surface area contributed by atoms with Gasteiger partial charge in [-0.1, -0.05) is 31.8 Å². The van der Waals surface area contributed by atoms with Crippen molar-refractivity contribution in [3.05, 3.63) is 40.9 Å². The lowest BCUT2D eigenvalue weighted by atomic mass is 10.1. The summed E-state index contributed by atoms with van der Waals surface area (Å²) in [5, 5.41) is 20.0. The number of nitrogens with one attached hydrogen (secondary N) is 1. The molecule has 0 atom stereocenters. The Kier molecular flexibility index (Phi) is 7.64. The number of hydrogen-bond donors (Lipinski definition) is 2. The van der Waals surface area contributed by atoms with Crippen LogP contribution in [-0.4, -0.2) is 55.1 Å². The van der Waals surface area contributed by atoms with E-state index in [1.807, 2.05) is 0 Å². The number of nitrogens with zero attached hydrogens (tertiary/aromatic N) is 4. The summed E-state index contributed by atoms with van der Waals surface area (Å²) < 4.78 is 36.4. The maximum absolute atomic E-state index is 13.8. The molecule has 2 aromatic heterocycles. The van der Waals surface area contributed by atoms with Crippen molar-refractivity contribution in [3.63, 3.8) is 0 Å². The molecule has 0 spiro atoms. The smallest absolute Gasteiger partial charge is 0.285 e. The van der Waals surface area contributed by atoms with Crippen LogP contribution in [-0.2, 0) is 21.3 Å². The summed E-state index contributed by atoms with van der Waals surface area (Å²) in [6.45, 7) is 10.3. The van der Waals surface area contributed by atoms with Gasteiger partial charge in [0.2, 0.25) is 0 Å². The van der Waals surface area contributed by atoms with Crippen LogP contribution < -0.4 is 4.31 Å². The molecule has 3 aromatic rings. The van der Waals surface area contributed by atoms with E-state index >= 15 is 0 Å². The third kappa shape index (κ3) is 6.08. The van der Waals surface area contributed by atoms with Crippen molar-refractivity contribution < 1.29 is 18.3 Å². The van der Waals surface area contributed by atoms with Gasteiger partial charge in [0.1, 0.15) is 12.8 Å². The number of para-hydroxylation sites is 1. The van der Waals surface area contributed by atoms with Gasteiger partial charge < -0.3 is 19.4 Å². The number of halogens is 1. The Labute approximate surface area is 209 Å². The number of hydrogen-bond acceptors (Lipinski definition) is 6. The zero-order valence-corrected chi connectivity index (χ0v) is 23.4. The quantitative estimate of drug-likeness (QED) is 0.214. The molecule has 0 fully saturated rings. The molecule has 12 heteroatoms. The lowest BCUT2D eigenvalue weighted by molar-refractivity contribution is 0.0607. The topological polar surface area (TPSA) is 124 Å². The number of aromatic amines is 1. The molecule has 184 valence electrons. The molecule has 34 heavy (non-hydrogen) atoms. The molecule has 1 aromatic carbocycles. The molecule has 0 saturated heterocycles. The zero-order valence-electron chi connectivity index (χ0n) is 20.0. The predicted molar refractivity (Wildman–Crippen MR) is 138 cm³/mol. The van der Waals surface area contributed by atoms with Gasteiger partial charge in [0.15, 0.2) is 9.76 Å². The highest BCUT2D eigenvalue weighted by molar-refractivity contribution is 9.10. The Morgan fingerprint density at radius 2 is 2.06 bits per heavy atom. The van der Waals surface area contributed by atoms with Crippen LogP contribution in [0.1, 0.15) is 19.4 Å². The Morgan fingerprint density at radius 3 is 2.68 bits per heavy atom. The van der Waals surface area contributed by atoms with Gasteiger partial charge in [-0.15, -0.1) is 0 Å². The fraction of sp³-hybridized carbons (Fsp3) is 0.455. The minimum atomic E-state index is -4.14. The van der Waals surface area contributed by atoms with Crippen LogP contribution in [0.25, 0.3) is 10.9 Å². The molecule has 2 heterocycles. The number of ether oxygens (including phenoxy) is 1. The van der Waals surface area contributed by atoms with Gasteiger partial charge in [-0.05, 0) is 41.9 Å². The first kappa shape index (κ1) is 26.4. The van der Waals surface area contributed by atoms with Gasteiger partial charge in [-0.2, -0.15) is 13.7 Å². The SMILES string of the molecule is CC(C)(O)Cn1cc(S(=O)(=O)N(COCC[Si](C)(C)C)c2cccc3c(C#N)c[nH]c23)nc1Br. The molecule has 3 rings (SSSR count). The fourth-order valence-electron chi connectivity index (χ4n) is 3.37. The average Bonchev–Trinajstić information content (AvgIpc) is 3.29. The number of nitriles is 1. The number of anilines is 1. The van der Waals surface area contributed by atoms with E-state index in [-0.39, 0.29) is 23.0 Å². The maximum atomic E-state index is 13.8. The van der Waals surface area contributed by atoms with Crippen LogP contribution in [0, 0.1) is 11.3 Å². The first-order valence-corrected chi connectivity index (χ1v) is 16.7. The number of aromatic nitrogens is 3. The highest BCUT2D eigenvalue weighted by Crippen LogP contribution is 2.32. The maximum Gasteiger partial charge on any atom is 0.285 e. The second-order valence-electron chi connectivity index (χ2n) is 10.0. The van der Waals surface area contributed by atoms with Gasteiger partial charge in [0.05, 0.1) is 28.9 Å². The van der Waals surface area contributed by atoms with Crippen molar-refractivity contribution in [2.45, 2.75) is 56.7 Å². The number of fused-ring (bicyclic) bond motifs is 1. The number of aliphatic hydroxyl groups is 1. The lowest BCUT2D eigenvalue weighted by Gasteiger charge is -2.25. The Hall–Kier alpha value is -2.17. The van der Waals surface area contributed by atoms with Crippen LogP contribution in [0.15, 0.2) is 40.4 Å². The second-order valence-corrected chi connectivity index (χ2v) is 18.1. The molecule has 0 aliphatic carbocycles. The van der Waals surface area contributed by atoms with Gasteiger partial charge in [0, 0.05) is 32.5 Å². The molecule has 0 unspecified atom stereocenters. The zero-order chi connectivity index (χ0) is 25.3. The Bertz CT molecular complexity index is 1320. The Balaban J connectivity index is 2.05. The van der Waals surface area contributed by atoms with Gasteiger partial charge >= 0.3 is 0 Å². The molecule has 0 saturated carbocycles. The molecule has 0 radical (unpaired) electrons. The summed E-state index contributed by atoms with van der Waals surface area (Å²) in [6, 6.07) is 8.14. The average molecular weight is 569 g/mol. The van der Waals surface area contributed by atoms with E-state index < -0.39 is 23.7 Å². The Morgan fingerprint density at radius 1 is 1.35 bits per heavy atom. The first-order chi connectivity index (χ1) is 15.7. The van der Waals surface area contributed by atoms with E-state index in [9.17, 15) is 18.8 Å². The number of imidazole rings is 1. The largest absolute Gasteiger partial charge is 0.389 e. The summed E-state index contributed by atoms with van der Waals surface area (Å²) in [5.41, 5.74) is 0.241. The van der Waals surface area contributed by atoms with Crippen LogP contribution in [0.3, 0.4) is 0 Å². The van der Waals surface area contributed by atoms with Gasteiger partial charge in [-0.3, -0.25) is 0 Å². The highest BCUT2D eigenvalue weighted by Gasteiger charge is 2.31. The van der Waals surface area contributed by atoms with E-state index in [2.05, 4.69) is 51.6 Å². The van der Waals surface area contributed by atoms with E-state index in [1.165, 1.54) is 10.5 Å². The monoisotopic (exact) mass is 567 g/mol. The third-order valence-electron chi connectivity index (χ3n) is 5.11. The number of sulfonamides is 1. The summed E-state index contributed by atoms with van der Waals surface area (Å²) in [6.07, 6.45) is 2.95. The highest BCUT2D eigenvalue weighted by atomic mass is 79.9. The van der Waals surface area contributed by atoms with Crippen LogP contribution in [0.4, 0.5) is 5.69 Å². The number of rotatable bonds is 10. The summed E-state index contributed by atoms with van der Waals surface area (Å²) in [4.78, 5) is 7.24. The standard InChI is InChI=1S/C22H30BrN5O4SSi/c1-22(2,29)14-27-13-19(26-21(27)23)33(30,31)28(15-32-9-10-34(3,4)5)18-8-6-7-17-16(11-24)12-25-20(17)18/h6-8,12-13,25,29H,9-10,14-15H2,1-5H3. The van der Waals surface area contributed by atoms with Crippen molar-refractivity contribution in [1.29, 1.82) is 5.26 Å². The fourth-order valence-corrected chi connectivity index (χ4v) is 5.97. The summed E-state index contributed by atoms with van der Waals surface area (Å²) in [5.74, 6) is 0.